The Bertz CT molecular complexity index is 401. The van der Waals surface area contributed by atoms with Crippen LogP contribution >= 0.6 is 23.1 Å². The summed E-state index contributed by atoms with van der Waals surface area (Å²) in [7, 11) is 0. The van der Waals surface area contributed by atoms with Gasteiger partial charge in [0.1, 0.15) is 11.3 Å². The van der Waals surface area contributed by atoms with Crippen molar-refractivity contribution >= 4 is 28.2 Å². The minimum Gasteiger partial charge on any atom is -0.374 e. The van der Waals surface area contributed by atoms with Crippen LogP contribution in [-0.2, 0) is 5.75 Å². The van der Waals surface area contributed by atoms with E-state index in [1.807, 2.05) is 6.07 Å². The van der Waals surface area contributed by atoms with Gasteiger partial charge in [-0.1, -0.05) is 23.1 Å². The molecule has 14 heavy (non-hydrogen) atoms. The SMILES string of the molecule is Nc1nnc(CSc2ccncn2)s1. The minimum atomic E-state index is 0.503. The average molecular weight is 225 g/mol. The highest BCUT2D eigenvalue weighted by Crippen LogP contribution is 2.22. The summed E-state index contributed by atoms with van der Waals surface area (Å²) in [6.07, 6.45) is 3.24. The highest BCUT2D eigenvalue weighted by molar-refractivity contribution is 7.98. The molecule has 0 saturated carbocycles. The fourth-order valence-corrected chi connectivity index (χ4v) is 2.25. The van der Waals surface area contributed by atoms with Gasteiger partial charge >= 0.3 is 0 Å². The van der Waals surface area contributed by atoms with E-state index < -0.39 is 0 Å². The van der Waals surface area contributed by atoms with E-state index in [9.17, 15) is 0 Å². The Morgan fingerprint density at radius 2 is 2.36 bits per heavy atom. The molecule has 0 saturated heterocycles. The van der Waals surface area contributed by atoms with Crippen molar-refractivity contribution in [1.29, 1.82) is 0 Å². The molecule has 0 unspecified atom stereocenters. The van der Waals surface area contributed by atoms with Crippen molar-refractivity contribution in [3.63, 3.8) is 0 Å². The van der Waals surface area contributed by atoms with Gasteiger partial charge in [0.05, 0.1) is 10.8 Å². The number of hydrogen-bond donors (Lipinski definition) is 1. The van der Waals surface area contributed by atoms with Gasteiger partial charge in [0.25, 0.3) is 0 Å². The largest absolute Gasteiger partial charge is 0.374 e. The molecule has 0 fully saturated rings. The van der Waals surface area contributed by atoms with Crippen LogP contribution in [0.3, 0.4) is 0 Å². The molecule has 0 aliphatic carbocycles. The number of rotatable bonds is 3. The summed E-state index contributed by atoms with van der Waals surface area (Å²) in [6, 6.07) is 1.86. The average Bonchev–Trinajstić information content (AvgIpc) is 2.63. The van der Waals surface area contributed by atoms with Gasteiger partial charge in [-0.05, 0) is 6.07 Å². The van der Waals surface area contributed by atoms with Crippen LogP contribution in [0.4, 0.5) is 5.13 Å². The second kappa shape index (κ2) is 4.34. The van der Waals surface area contributed by atoms with Crippen LogP contribution in [0.25, 0.3) is 0 Å². The lowest BCUT2D eigenvalue weighted by Gasteiger charge is -1.94. The van der Waals surface area contributed by atoms with Gasteiger partial charge in [0.2, 0.25) is 5.13 Å². The molecule has 0 atom stereocenters. The summed E-state index contributed by atoms with van der Waals surface area (Å²) >= 11 is 2.99. The Balaban J connectivity index is 1.95. The van der Waals surface area contributed by atoms with E-state index in [-0.39, 0.29) is 0 Å². The number of nitrogens with two attached hydrogens (primary N) is 1. The van der Waals surface area contributed by atoms with Crippen LogP contribution in [0.2, 0.25) is 0 Å². The van der Waals surface area contributed by atoms with Crippen molar-refractivity contribution in [1.82, 2.24) is 20.2 Å². The molecule has 2 rings (SSSR count). The zero-order valence-corrected chi connectivity index (χ0v) is 8.75. The van der Waals surface area contributed by atoms with Crippen LogP contribution in [0, 0.1) is 0 Å². The summed E-state index contributed by atoms with van der Waals surface area (Å²) in [4.78, 5) is 7.91. The van der Waals surface area contributed by atoms with Gasteiger partial charge in [-0.25, -0.2) is 9.97 Å². The zero-order chi connectivity index (χ0) is 9.80. The molecule has 0 radical (unpaired) electrons. The molecule has 5 nitrogen and oxygen atoms in total. The summed E-state index contributed by atoms with van der Waals surface area (Å²) in [5.74, 6) is 0.742. The van der Waals surface area contributed by atoms with Crippen molar-refractivity contribution in [2.45, 2.75) is 10.8 Å². The van der Waals surface area contributed by atoms with E-state index >= 15 is 0 Å². The number of hydrogen-bond acceptors (Lipinski definition) is 7. The standard InChI is InChI=1S/C7H7N5S2/c8-7-12-11-6(14-7)3-13-5-1-2-9-4-10-5/h1-2,4H,3H2,(H2,8,12). The van der Waals surface area contributed by atoms with Crippen LogP contribution in [0.1, 0.15) is 5.01 Å². The third kappa shape index (κ3) is 2.39. The maximum atomic E-state index is 5.46. The quantitative estimate of drug-likeness (QED) is 0.624. The summed E-state index contributed by atoms with van der Waals surface area (Å²) in [6.45, 7) is 0. The second-order valence-electron chi connectivity index (χ2n) is 2.37. The zero-order valence-electron chi connectivity index (χ0n) is 7.12. The number of nitrogens with zero attached hydrogens (tertiary/aromatic N) is 4. The first-order chi connectivity index (χ1) is 6.84. The Hall–Kier alpha value is -1.21. The molecule has 0 bridgehead atoms. The summed E-state index contributed by atoms with van der Waals surface area (Å²) < 4.78 is 0. The van der Waals surface area contributed by atoms with E-state index in [2.05, 4.69) is 20.2 Å². The molecule has 2 aromatic heterocycles. The maximum Gasteiger partial charge on any atom is 0.203 e. The van der Waals surface area contributed by atoms with Crippen LogP contribution < -0.4 is 5.73 Å². The fraction of sp³-hybridized carbons (Fsp3) is 0.143. The molecule has 0 spiro atoms. The minimum absolute atomic E-state index is 0.503. The van der Waals surface area contributed by atoms with Gasteiger partial charge in [0.15, 0.2) is 0 Å². The summed E-state index contributed by atoms with van der Waals surface area (Å²) in [5, 5.41) is 9.98. The van der Waals surface area contributed by atoms with Crippen molar-refractivity contribution in [2.75, 3.05) is 5.73 Å². The predicted molar refractivity (Wildman–Crippen MR) is 55.9 cm³/mol. The highest BCUT2D eigenvalue weighted by atomic mass is 32.2. The number of thioether (sulfide) groups is 1. The molecular formula is C7H7N5S2. The number of nitrogen functional groups attached to an aromatic ring is 1. The molecular weight excluding hydrogens is 218 g/mol. The molecule has 0 aliphatic heterocycles. The van der Waals surface area contributed by atoms with Gasteiger partial charge in [-0.2, -0.15) is 0 Å². The smallest absolute Gasteiger partial charge is 0.203 e. The van der Waals surface area contributed by atoms with E-state index in [0.29, 0.717) is 5.13 Å². The van der Waals surface area contributed by atoms with E-state index in [4.69, 9.17) is 5.73 Å². The molecule has 0 aromatic carbocycles. The Morgan fingerprint density at radius 1 is 1.43 bits per heavy atom. The Labute approximate surface area is 88.8 Å². The first kappa shape index (κ1) is 9.35. The molecule has 0 aliphatic rings. The van der Waals surface area contributed by atoms with Crippen LogP contribution in [0.5, 0.6) is 0 Å². The second-order valence-corrected chi connectivity index (χ2v) is 4.46. The molecule has 72 valence electrons. The molecule has 2 N–H and O–H groups in total. The van der Waals surface area contributed by atoms with E-state index in [1.54, 1.807) is 18.0 Å². The van der Waals surface area contributed by atoms with Gasteiger partial charge in [-0.3, -0.25) is 0 Å². The molecule has 7 heteroatoms. The third-order valence-corrected chi connectivity index (χ3v) is 3.27. The predicted octanol–water partition coefficient (Wildman–Crippen LogP) is 1.20. The molecule has 2 heterocycles. The first-order valence-electron chi connectivity index (χ1n) is 3.81. The molecule has 0 amide bonds. The van der Waals surface area contributed by atoms with Crippen molar-refractivity contribution < 1.29 is 0 Å². The van der Waals surface area contributed by atoms with Gasteiger partial charge in [-0.15, -0.1) is 10.2 Å². The highest BCUT2D eigenvalue weighted by Gasteiger charge is 2.02. The molecule has 2 aromatic rings. The first-order valence-corrected chi connectivity index (χ1v) is 5.61. The normalized spacial score (nSPS) is 10.3. The Morgan fingerprint density at radius 3 is 3.00 bits per heavy atom. The van der Waals surface area contributed by atoms with E-state index in [1.165, 1.54) is 17.7 Å². The van der Waals surface area contributed by atoms with Crippen LogP contribution in [0.15, 0.2) is 23.6 Å². The van der Waals surface area contributed by atoms with Gasteiger partial charge in [0, 0.05) is 6.20 Å². The lowest BCUT2D eigenvalue weighted by atomic mass is 10.7. The Kier molecular flexibility index (Phi) is 2.90. The number of anilines is 1. The van der Waals surface area contributed by atoms with Crippen LogP contribution in [-0.4, -0.2) is 20.2 Å². The summed E-state index contributed by atoms with van der Waals surface area (Å²) in [5.41, 5.74) is 5.46. The monoisotopic (exact) mass is 225 g/mol. The lowest BCUT2D eigenvalue weighted by Crippen LogP contribution is -1.83. The topological polar surface area (TPSA) is 77.6 Å². The van der Waals surface area contributed by atoms with E-state index in [0.717, 1.165) is 15.8 Å². The fourth-order valence-electron chi connectivity index (χ4n) is 0.825. The maximum absolute atomic E-state index is 5.46. The third-order valence-electron chi connectivity index (χ3n) is 1.38. The number of aromatic nitrogens is 4. The van der Waals surface area contributed by atoms with Crippen molar-refractivity contribution in [2.24, 2.45) is 0 Å². The van der Waals surface area contributed by atoms with Crippen molar-refractivity contribution in [3.8, 4) is 0 Å². The van der Waals surface area contributed by atoms with Gasteiger partial charge < -0.3 is 5.73 Å². The lowest BCUT2D eigenvalue weighted by molar-refractivity contribution is 1.03. The van der Waals surface area contributed by atoms with Crippen molar-refractivity contribution in [3.05, 3.63) is 23.6 Å².